The molecule has 5 aromatic heterocycles. The first-order valence-electron chi connectivity index (χ1n) is 20.2. The summed E-state index contributed by atoms with van der Waals surface area (Å²) >= 11 is 0. The van der Waals surface area contributed by atoms with Crippen molar-refractivity contribution in [3.05, 3.63) is 110 Å². The summed E-state index contributed by atoms with van der Waals surface area (Å²) in [5, 5.41) is 8.13. The van der Waals surface area contributed by atoms with Crippen LogP contribution in [0.2, 0.25) is 0 Å². The largest absolute Gasteiger partial charge is 0.433 e. The zero-order chi connectivity index (χ0) is 51.3. The van der Waals surface area contributed by atoms with E-state index in [1.807, 2.05) is 0 Å². The van der Waals surface area contributed by atoms with E-state index in [4.69, 9.17) is 0 Å². The van der Waals surface area contributed by atoms with Gasteiger partial charge in [-0.05, 0) is 106 Å². The van der Waals surface area contributed by atoms with Gasteiger partial charge in [0.15, 0.2) is 49.2 Å². The molecule has 6 aromatic rings. The van der Waals surface area contributed by atoms with Gasteiger partial charge in [0.2, 0.25) is 0 Å². The number of rotatable bonds is 10. The third-order valence-corrected chi connectivity index (χ3v) is 19.9. The van der Waals surface area contributed by atoms with E-state index >= 15 is 0 Å². The van der Waals surface area contributed by atoms with Gasteiger partial charge >= 0.3 is 6.18 Å². The number of H-pyrrole nitrogens is 1. The number of benzene rings is 1. The van der Waals surface area contributed by atoms with E-state index in [2.05, 4.69) is 30.2 Å². The Morgan fingerprint density at radius 2 is 1.03 bits per heavy atom. The summed E-state index contributed by atoms with van der Waals surface area (Å²) in [6.07, 6.45) is 6.42. The van der Waals surface area contributed by atoms with Crippen molar-refractivity contribution in [1.29, 1.82) is 0 Å². The van der Waals surface area contributed by atoms with Crippen LogP contribution in [0.15, 0.2) is 129 Å². The number of nitrogens with zero attached hydrogens (tertiary/aromatic N) is 6. The predicted octanol–water partition coefficient (Wildman–Crippen LogP) is 7.16. The predicted molar refractivity (Wildman–Crippen MR) is 249 cm³/mol. The molecule has 0 saturated carbocycles. The molecular formula is C42H56F3N7O10S5. The van der Waals surface area contributed by atoms with Crippen molar-refractivity contribution in [1.82, 2.24) is 34.9 Å². The van der Waals surface area contributed by atoms with Crippen LogP contribution >= 0.6 is 0 Å². The third kappa shape index (κ3) is 15.7. The molecule has 0 aliphatic rings. The molecule has 0 bridgehead atoms. The van der Waals surface area contributed by atoms with Gasteiger partial charge in [-0.25, -0.2) is 42.1 Å². The van der Waals surface area contributed by atoms with Crippen LogP contribution in [0.5, 0.6) is 0 Å². The van der Waals surface area contributed by atoms with Crippen molar-refractivity contribution in [3.8, 4) is 0 Å². The lowest BCUT2D eigenvalue weighted by Crippen LogP contribution is -2.16. The molecule has 0 atom stereocenters. The zero-order valence-electron chi connectivity index (χ0n) is 38.6. The monoisotopic (exact) mass is 1040 g/mol. The molecule has 6 rings (SSSR count). The summed E-state index contributed by atoms with van der Waals surface area (Å²) in [4.78, 5) is 12.0. The Labute approximate surface area is 391 Å². The maximum absolute atomic E-state index is 12.3. The molecule has 25 heteroatoms. The molecule has 1 N–H and O–H groups in total. The van der Waals surface area contributed by atoms with Crippen LogP contribution in [-0.2, 0) is 62.4 Å². The van der Waals surface area contributed by atoms with Gasteiger partial charge in [-0.2, -0.15) is 23.4 Å². The molecule has 0 amide bonds. The van der Waals surface area contributed by atoms with E-state index in [0.717, 1.165) is 12.3 Å². The van der Waals surface area contributed by atoms with E-state index < -0.39 is 71.6 Å². The fraction of sp³-hybridized carbons (Fsp3) is 0.405. The smallest absolute Gasteiger partial charge is 0.284 e. The molecule has 370 valence electrons. The van der Waals surface area contributed by atoms with E-state index in [1.54, 1.807) is 111 Å². The Morgan fingerprint density at radius 1 is 0.537 bits per heavy atom. The van der Waals surface area contributed by atoms with E-state index in [9.17, 15) is 55.3 Å². The van der Waals surface area contributed by atoms with Crippen molar-refractivity contribution in [3.63, 3.8) is 0 Å². The standard InChI is InChI=1S/C11H12N2O2S.C9H10F3NO2S.C9H12O2S.C7H12N2O2S.C6H10N2O2S/c1-8(2)16(14,15)11-4-6-13-10-7-12-5-3-9(10)11;1-6(2)16(14,15)7-3-4-13-8(5-7)9(10,11)12;1-8(2)12(10,11)9-6-4-3-5-7-9;1-6(2)12(10,11)7-4-8-9(3)5-7;1-5(2)11(9,10)6-3-7-8-4-6/h3-8H,1-2H3;3-6H,1-2H3;3-8H,1-2H3;4-6H,1-3H3;3-5H,1-2H3,(H,7,8). The van der Waals surface area contributed by atoms with Crippen molar-refractivity contribution >= 4 is 60.1 Å². The first-order valence-corrected chi connectivity index (χ1v) is 27.9. The Morgan fingerprint density at radius 3 is 1.49 bits per heavy atom. The van der Waals surface area contributed by atoms with Crippen molar-refractivity contribution < 1.29 is 55.3 Å². The first kappa shape index (κ1) is 58.0. The van der Waals surface area contributed by atoms with Crippen molar-refractivity contribution in [2.45, 2.75) is 126 Å². The Kier molecular flexibility index (Phi) is 20.6. The highest BCUT2D eigenvalue weighted by molar-refractivity contribution is 7.93. The molecule has 0 fully saturated rings. The van der Waals surface area contributed by atoms with Gasteiger partial charge in [-0.1, -0.05) is 18.2 Å². The molecule has 0 saturated heterocycles. The van der Waals surface area contributed by atoms with Crippen LogP contribution < -0.4 is 0 Å². The summed E-state index contributed by atoms with van der Waals surface area (Å²) in [5.41, 5.74) is -0.599. The zero-order valence-corrected chi connectivity index (χ0v) is 42.7. The number of hydrogen-bond donors (Lipinski definition) is 1. The van der Waals surface area contributed by atoms with Crippen LogP contribution in [-0.4, -0.2) is 103 Å². The lowest BCUT2D eigenvalue weighted by molar-refractivity contribution is -0.141. The van der Waals surface area contributed by atoms with Gasteiger partial charge in [-0.3, -0.25) is 24.7 Å². The molecule has 17 nitrogen and oxygen atoms in total. The SMILES string of the molecule is CC(C)S(=O)(=O)c1ccccc1.CC(C)S(=O)(=O)c1ccnc(C(F)(F)F)c1.CC(C)S(=O)(=O)c1ccnc2cnccc12.CC(C)S(=O)(=O)c1cn[nH]c1.CC(C)S(=O)(=O)c1cnn(C)c1. The second-order valence-electron chi connectivity index (χ2n) is 15.6. The van der Waals surface area contributed by atoms with Crippen LogP contribution in [0.25, 0.3) is 10.9 Å². The minimum absolute atomic E-state index is 0.257. The van der Waals surface area contributed by atoms with Crippen molar-refractivity contribution in [2.24, 2.45) is 7.05 Å². The Balaban J connectivity index is 0.000000290. The number of aromatic nitrogens is 7. The number of aromatic amines is 1. The van der Waals surface area contributed by atoms with Crippen LogP contribution in [0, 0.1) is 0 Å². The highest BCUT2D eigenvalue weighted by Gasteiger charge is 2.34. The quantitative estimate of drug-likeness (QED) is 0.143. The van der Waals surface area contributed by atoms with E-state index in [0.29, 0.717) is 31.7 Å². The van der Waals surface area contributed by atoms with Gasteiger partial charge in [0.05, 0.1) is 65.0 Å². The molecule has 0 spiro atoms. The molecule has 0 aliphatic carbocycles. The van der Waals surface area contributed by atoms with Gasteiger partial charge in [0.1, 0.15) is 15.5 Å². The summed E-state index contributed by atoms with van der Waals surface area (Å²) in [6.45, 7) is 16.1. The maximum Gasteiger partial charge on any atom is 0.433 e. The van der Waals surface area contributed by atoms with E-state index in [1.165, 1.54) is 55.6 Å². The molecule has 0 radical (unpaired) electrons. The molecule has 0 aliphatic heterocycles. The number of sulfone groups is 5. The minimum atomic E-state index is -4.64. The number of halogens is 3. The third-order valence-electron chi connectivity index (χ3n) is 9.15. The number of alkyl halides is 3. The highest BCUT2D eigenvalue weighted by Crippen LogP contribution is 2.29. The van der Waals surface area contributed by atoms with Gasteiger partial charge in [0, 0.05) is 43.4 Å². The molecule has 5 heterocycles. The first-order chi connectivity index (χ1) is 30.7. The maximum atomic E-state index is 12.3. The summed E-state index contributed by atoms with van der Waals surface area (Å²) in [6, 6.07) is 13.3. The van der Waals surface area contributed by atoms with Crippen LogP contribution in [0.1, 0.15) is 74.9 Å². The Bertz CT molecular complexity index is 3090. The summed E-state index contributed by atoms with van der Waals surface area (Å²) < 4.78 is 155. The van der Waals surface area contributed by atoms with Crippen molar-refractivity contribution in [2.75, 3.05) is 0 Å². The topological polar surface area (TPSA) is 256 Å². The number of hydrogen-bond acceptors (Lipinski definition) is 15. The van der Waals surface area contributed by atoms with Crippen LogP contribution in [0.3, 0.4) is 0 Å². The number of aryl methyl sites for hydroxylation is 1. The Hall–Kier alpha value is -5.11. The lowest BCUT2D eigenvalue weighted by atomic mass is 10.3. The minimum Gasteiger partial charge on any atom is -0.284 e. The van der Waals surface area contributed by atoms with Crippen LogP contribution in [0.4, 0.5) is 13.2 Å². The fourth-order valence-electron chi connectivity index (χ4n) is 4.86. The van der Waals surface area contributed by atoms with Gasteiger partial charge in [0.25, 0.3) is 0 Å². The second kappa shape index (κ2) is 23.8. The molecule has 1 aromatic carbocycles. The normalized spacial score (nSPS) is 12.4. The number of pyridine rings is 3. The molecule has 67 heavy (non-hydrogen) atoms. The number of fused-ring (bicyclic) bond motifs is 1. The summed E-state index contributed by atoms with van der Waals surface area (Å²) in [7, 11) is -14.6. The van der Waals surface area contributed by atoms with E-state index in [-0.39, 0.29) is 25.5 Å². The van der Waals surface area contributed by atoms with Gasteiger partial charge < -0.3 is 0 Å². The lowest BCUT2D eigenvalue weighted by Gasteiger charge is -2.10. The average Bonchev–Trinajstić information content (AvgIpc) is 3.98. The molecule has 0 unspecified atom stereocenters. The second-order valence-corrected chi connectivity index (χ2v) is 28.1. The summed E-state index contributed by atoms with van der Waals surface area (Å²) in [5.74, 6) is 0. The highest BCUT2D eigenvalue weighted by atomic mass is 32.2. The molecular weight excluding hydrogens is 980 g/mol. The average molecular weight is 1040 g/mol. The van der Waals surface area contributed by atoms with Gasteiger partial charge in [-0.15, -0.1) is 0 Å². The fourth-order valence-corrected chi connectivity index (χ4v) is 10.2. The number of nitrogens with one attached hydrogen (secondary N) is 1.